The first-order valence-electron chi connectivity index (χ1n) is 16.2. The first-order chi connectivity index (χ1) is 22.8. The van der Waals surface area contributed by atoms with Crippen molar-refractivity contribution in [1.29, 1.82) is 0 Å². The molecular weight excluding hydrogens is 601 g/mol. The zero-order valence-electron chi connectivity index (χ0n) is 26.7. The van der Waals surface area contributed by atoms with Crippen molar-refractivity contribution in [2.75, 3.05) is 71.9 Å². The predicted molar refractivity (Wildman–Crippen MR) is 184 cm³/mol. The number of ether oxygens (including phenoxy) is 1. The van der Waals surface area contributed by atoms with Crippen LogP contribution in [0.25, 0.3) is 49.1 Å². The number of benzene rings is 3. The van der Waals surface area contributed by atoms with Crippen molar-refractivity contribution in [3.63, 3.8) is 0 Å². The second-order valence-electron chi connectivity index (χ2n) is 12.5. The summed E-state index contributed by atoms with van der Waals surface area (Å²) >= 11 is 0. The van der Waals surface area contributed by atoms with Crippen molar-refractivity contribution < 1.29 is 18.3 Å². The molecule has 1 saturated heterocycles. The van der Waals surface area contributed by atoms with E-state index in [0.29, 0.717) is 60.1 Å². The number of rotatable bonds is 11. The fourth-order valence-electron chi connectivity index (χ4n) is 6.65. The standard InChI is InChI=1S/C36H38FN5O5/c1-40(2)12-6-5-10-38-31-28(37)18-26-32-35(31)47-30-20-25-24(22-8-3-4-9-23(22)33(25)43)19-29(30)42(32)21-27(34(26)44)36(45)39-11-7-13-41-14-16-46-17-15-41/h3-4,8-9,18-21,38H,5-7,10-17H2,1-2H3,(H,39,45). The van der Waals surface area contributed by atoms with Gasteiger partial charge in [0.15, 0.2) is 22.4 Å². The lowest BCUT2D eigenvalue weighted by Gasteiger charge is -2.26. The van der Waals surface area contributed by atoms with Crippen molar-refractivity contribution in [2.45, 2.75) is 19.3 Å². The lowest BCUT2D eigenvalue weighted by atomic mass is 10.1. The van der Waals surface area contributed by atoms with Crippen LogP contribution >= 0.6 is 0 Å². The molecule has 10 nitrogen and oxygen atoms in total. The summed E-state index contributed by atoms with van der Waals surface area (Å²) in [5.41, 5.74) is 0.747. The Morgan fingerprint density at radius 1 is 0.915 bits per heavy atom. The maximum atomic E-state index is 15.9. The van der Waals surface area contributed by atoms with Crippen LogP contribution in [0.3, 0.4) is 0 Å². The molecule has 0 aliphatic carbocycles. The third-order valence-electron chi connectivity index (χ3n) is 9.09. The lowest BCUT2D eigenvalue weighted by Crippen LogP contribution is -2.38. The minimum atomic E-state index is -0.653. The average Bonchev–Trinajstić information content (AvgIpc) is 3.35. The van der Waals surface area contributed by atoms with Crippen LogP contribution in [0.15, 0.2) is 62.7 Å². The highest BCUT2D eigenvalue weighted by Gasteiger charge is 2.24. The summed E-state index contributed by atoms with van der Waals surface area (Å²) in [4.78, 5) is 45.1. The van der Waals surface area contributed by atoms with Crippen molar-refractivity contribution in [3.8, 4) is 0 Å². The topological polar surface area (TPSA) is 109 Å². The van der Waals surface area contributed by atoms with E-state index < -0.39 is 17.2 Å². The van der Waals surface area contributed by atoms with Gasteiger partial charge in [-0.1, -0.05) is 24.3 Å². The van der Waals surface area contributed by atoms with E-state index in [-0.39, 0.29) is 27.6 Å². The molecule has 1 fully saturated rings. The maximum absolute atomic E-state index is 15.9. The summed E-state index contributed by atoms with van der Waals surface area (Å²) in [7, 11) is 4.01. The minimum Gasteiger partial charge on any atom is -0.451 e. The number of anilines is 1. The van der Waals surface area contributed by atoms with Crippen LogP contribution in [0, 0.1) is 5.82 Å². The maximum Gasteiger partial charge on any atom is 0.256 e. The molecule has 0 saturated carbocycles. The Hall–Kier alpha value is -4.58. The number of fused-ring (bicyclic) bond motifs is 5. The van der Waals surface area contributed by atoms with Crippen LogP contribution in [-0.2, 0) is 4.74 Å². The van der Waals surface area contributed by atoms with Gasteiger partial charge < -0.3 is 29.1 Å². The van der Waals surface area contributed by atoms with E-state index in [2.05, 4.69) is 20.4 Å². The molecule has 47 heavy (non-hydrogen) atoms. The molecule has 0 radical (unpaired) electrons. The van der Waals surface area contributed by atoms with E-state index in [1.807, 2.05) is 38.4 Å². The second kappa shape index (κ2) is 12.9. The van der Waals surface area contributed by atoms with E-state index in [0.717, 1.165) is 49.8 Å². The van der Waals surface area contributed by atoms with Gasteiger partial charge in [0.1, 0.15) is 16.8 Å². The van der Waals surface area contributed by atoms with E-state index in [4.69, 9.17) is 9.15 Å². The molecule has 1 aliphatic rings. The fraction of sp³-hybridized carbons (Fsp3) is 0.361. The molecule has 0 bridgehead atoms. The van der Waals surface area contributed by atoms with E-state index in [1.54, 1.807) is 16.5 Å². The molecule has 244 valence electrons. The van der Waals surface area contributed by atoms with Gasteiger partial charge in [-0.3, -0.25) is 19.3 Å². The Balaban J connectivity index is 1.35. The molecule has 3 heterocycles. The number of pyridine rings is 1. The molecule has 0 spiro atoms. The zero-order chi connectivity index (χ0) is 32.7. The van der Waals surface area contributed by atoms with E-state index in [9.17, 15) is 14.4 Å². The Morgan fingerprint density at radius 2 is 1.70 bits per heavy atom. The normalized spacial score (nSPS) is 14.4. The number of carbonyl (C=O) groups is 1. The molecule has 0 unspecified atom stereocenters. The highest BCUT2D eigenvalue weighted by atomic mass is 19.1. The van der Waals surface area contributed by atoms with Crippen LogP contribution in [0.5, 0.6) is 0 Å². The second-order valence-corrected chi connectivity index (χ2v) is 12.5. The summed E-state index contributed by atoms with van der Waals surface area (Å²) in [6.45, 7) is 5.69. The Bertz CT molecular complexity index is 2240. The number of nitrogens with zero attached hydrogens (tertiary/aromatic N) is 3. The van der Waals surface area contributed by atoms with Crippen LogP contribution in [0.2, 0.25) is 0 Å². The number of carbonyl (C=O) groups excluding carboxylic acids is 1. The first kappa shape index (κ1) is 31.0. The Kier molecular flexibility index (Phi) is 8.52. The summed E-state index contributed by atoms with van der Waals surface area (Å²) in [5, 5.41) is 8.74. The number of hydrogen-bond acceptors (Lipinski definition) is 8. The molecule has 2 N–H and O–H groups in total. The summed E-state index contributed by atoms with van der Waals surface area (Å²) in [6.07, 6.45) is 3.94. The van der Waals surface area contributed by atoms with E-state index in [1.165, 1.54) is 12.3 Å². The highest BCUT2D eigenvalue weighted by molar-refractivity contribution is 6.15. The summed E-state index contributed by atoms with van der Waals surface area (Å²) < 4.78 is 29.4. The van der Waals surface area contributed by atoms with Crippen LogP contribution < -0.4 is 21.5 Å². The molecule has 1 amide bonds. The quantitative estimate of drug-likeness (QED) is 0.120. The third-order valence-corrected chi connectivity index (χ3v) is 9.09. The lowest BCUT2D eigenvalue weighted by molar-refractivity contribution is 0.0374. The van der Waals surface area contributed by atoms with Gasteiger partial charge in [-0.05, 0) is 75.4 Å². The van der Waals surface area contributed by atoms with Gasteiger partial charge in [-0.2, -0.15) is 0 Å². The number of aromatic nitrogens is 1. The first-order valence-corrected chi connectivity index (χ1v) is 16.2. The number of halogens is 1. The molecule has 2 aromatic heterocycles. The number of unbranched alkanes of at least 4 members (excludes halogenated alkanes) is 1. The van der Waals surface area contributed by atoms with Crippen molar-refractivity contribution in [3.05, 3.63) is 80.5 Å². The van der Waals surface area contributed by atoms with Crippen molar-refractivity contribution in [2.24, 2.45) is 0 Å². The van der Waals surface area contributed by atoms with Gasteiger partial charge in [0.25, 0.3) is 5.91 Å². The highest BCUT2D eigenvalue weighted by Crippen LogP contribution is 2.36. The van der Waals surface area contributed by atoms with Crippen LogP contribution in [0.1, 0.15) is 29.6 Å². The van der Waals surface area contributed by atoms with Gasteiger partial charge in [0, 0.05) is 43.1 Å². The van der Waals surface area contributed by atoms with Crippen molar-refractivity contribution in [1.82, 2.24) is 19.5 Å². The molecule has 11 heteroatoms. The summed E-state index contributed by atoms with van der Waals surface area (Å²) in [5.74, 6) is -1.18. The Labute approximate surface area is 270 Å². The Morgan fingerprint density at radius 3 is 2.49 bits per heavy atom. The monoisotopic (exact) mass is 639 g/mol. The SMILES string of the molecule is CN(C)CCCCNc1c(F)cc2c(=O)c(C(=O)NCCCN3CCOCC3)cn3c4cc5c(cc4oc1c23)c(=O)c1ccccc15. The predicted octanol–water partition coefficient (Wildman–Crippen LogP) is 4.65. The van der Waals surface area contributed by atoms with Gasteiger partial charge in [0.05, 0.1) is 24.1 Å². The van der Waals surface area contributed by atoms with Crippen LogP contribution in [-0.4, -0.2) is 86.7 Å². The van der Waals surface area contributed by atoms with Gasteiger partial charge in [-0.15, -0.1) is 0 Å². The molecule has 4 aromatic carbocycles. The number of hydrogen-bond donors (Lipinski definition) is 2. The van der Waals surface area contributed by atoms with Crippen LogP contribution in [0.4, 0.5) is 10.1 Å². The number of nitrogens with one attached hydrogen (secondary N) is 2. The zero-order valence-corrected chi connectivity index (χ0v) is 26.7. The molecule has 1 aliphatic heterocycles. The molecular formula is C36H38FN5O5. The molecule has 0 atom stereocenters. The largest absolute Gasteiger partial charge is 0.451 e. The van der Waals surface area contributed by atoms with Gasteiger partial charge >= 0.3 is 0 Å². The number of amides is 1. The van der Waals surface area contributed by atoms with E-state index >= 15 is 4.39 Å². The number of morpholine rings is 1. The fourth-order valence-corrected chi connectivity index (χ4v) is 6.65. The van der Waals surface area contributed by atoms with Gasteiger partial charge in [-0.25, -0.2) is 4.39 Å². The molecule has 6 aromatic rings. The molecule has 7 rings (SSSR count). The van der Waals surface area contributed by atoms with Crippen molar-refractivity contribution >= 4 is 60.7 Å². The smallest absolute Gasteiger partial charge is 0.256 e. The third kappa shape index (κ3) is 5.79. The van der Waals surface area contributed by atoms with Gasteiger partial charge in [0.2, 0.25) is 5.43 Å². The minimum absolute atomic E-state index is 0.0410. The summed E-state index contributed by atoms with van der Waals surface area (Å²) in [6, 6.07) is 12.1. The average molecular weight is 640 g/mol.